The first-order valence-electron chi connectivity index (χ1n) is 9.10. The van der Waals surface area contributed by atoms with Gasteiger partial charge in [-0.3, -0.25) is 4.57 Å². The number of phenols is 1. The summed E-state index contributed by atoms with van der Waals surface area (Å²) in [5.41, 5.74) is 4.68. The topological polar surface area (TPSA) is 62.8 Å². The second-order valence-corrected chi connectivity index (χ2v) is 7.42. The minimum absolute atomic E-state index is 0.162. The number of hydrogen-bond donors (Lipinski definition) is 1. The Kier molecular flexibility index (Phi) is 4.38. The van der Waals surface area contributed by atoms with Gasteiger partial charge in [0.15, 0.2) is 0 Å². The zero-order chi connectivity index (χ0) is 19.6. The third-order valence-corrected chi connectivity index (χ3v) is 5.53. The van der Waals surface area contributed by atoms with Crippen molar-refractivity contribution in [2.45, 2.75) is 0 Å². The van der Waals surface area contributed by atoms with Crippen LogP contribution in [0.2, 0.25) is 0 Å². The van der Waals surface area contributed by atoms with E-state index in [4.69, 9.17) is 0 Å². The lowest BCUT2D eigenvalue weighted by atomic mass is 10.1. The average Bonchev–Trinajstić information content (AvgIpc) is 3.44. The fourth-order valence-corrected chi connectivity index (χ4v) is 3.98. The Bertz CT molecular complexity index is 1310. The molecule has 0 fully saturated rings. The van der Waals surface area contributed by atoms with Gasteiger partial charge in [0.2, 0.25) is 0 Å². The van der Waals surface area contributed by atoms with E-state index in [9.17, 15) is 5.11 Å². The van der Waals surface area contributed by atoms with Crippen LogP contribution < -0.4 is 0 Å². The molecule has 5 aromatic rings. The number of azo groups is 1. The molecule has 0 unspecified atom stereocenters. The summed E-state index contributed by atoms with van der Waals surface area (Å²) in [6.07, 6.45) is 1.71. The average molecular weight is 396 g/mol. The van der Waals surface area contributed by atoms with E-state index >= 15 is 0 Å². The SMILES string of the molecule is Oc1cc(-c2cccs2)c(N=Nc2ccccc2)cc1-n1cnc2ccccc21. The van der Waals surface area contributed by atoms with E-state index in [1.807, 2.05) is 82.7 Å². The molecule has 0 aliphatic rings. The van der Waals surface area contributed by atoms with Crippen molar-refractivity contribution in [2.75, 3.05) is 0 Å². The Labute approximate surface area is 171 Å². The monoisotopic (exact) mass is 396 g/mol. The van der Waals surface area contributed by atoms with Gasteiger partial charge in [0.25, 0.3) is 0 Å². The van der Waals surface area contributed by atoms with E-state index in [-0.39, 0.29) is 5.75 Å². The molecule has 0 spiro atoms. The molecule has 0 bridgehead atoms. The summed E-state index contributed by atoms with van der Waals surface area (Å²) in [6, 6.07) is 25.0. The minimum atomic E-state index is 0.162. The van der Waals surface area contributed by atoms with Gasteiger partial charge in [0.05, 0.1) is 28.1 Å². The molecule has 0 aliphatic heterocycles. The van der Waals surface area contributed by atoms with E-state index in [2.05, 4.69) is 15.2 Å². The third kappa shape index (κ3) is 3.30. The summed E-state index contributed by atoms with van der Waals surface area (Å²) in [5, 5.41) is 21.7. The third-order valence-electron chi connectivity index (χ3n) is 4.62. The van der Waals surface area contributed by atoms with Crippen molar-refractivity contribution < 1.29 is 5.11 Å². The van der Waals surface area contributed by atoms with Crippen LogP contribution in [-0.4, -0.2) is 14.7 Å². The number of thiophene rings is 1. The number of benzene rings is 3. The molecule has 0 radical (unpaired) electrons. The number of fused-ring (bicyclic) bond motifs is 1. The van der Waals surface area contributed by atoms with Crippen molar-refractivity contribution in [1.29, 1.82) is 0 Å². The van der Waals surface area contributed by atoms with Crippen molar-refractivity contribution in [3.8, 4) is 21.9 Å². The molecule has 5 nitrogen and oxygen atoms in total. The Morgan fingerprint density at radius 1 is 0.862 bits per heavy atom. The first-order valence-corrected chi connectivity index (χ1v) is 9.98. The fourth-order valence-electron chi connectivity index (χ4n) is 3.23. The molecule has 29 heavy (non-hydrogen) atoms. The van der Waals surface area contributed by atoms with Crippen molar-refractivity contribution in [3.05, 3.63) is 90.6 Å². The Hall–Kier alpha value is -3.77. The van der Waals surface area contributed by atoms with Crippen LogP contribution >= 0.6 is 11.3 Å². The molecule has 0 saturated carbocycles. The highest BCUT2D eigenvalue weighted by molar-refractivity contribution is 7.13. The number of para-hydroxylation sites is 2. The van der Waals surface area contributed by atoms with Crippen LogP contribution in [0.3, 0.4) is 0 Å². The lowest BCUT2D eigenvalue weighted by Gasteiger charge is -2.11. The quantitative estimate of drug-likeness (QED) is 0.337. The van der Waals surface area contributed by atoms with Gasteiger partial charge in [-0.1, -0.05) is 36.4 Å². The van der Waals surface area contributed by atoms with Gasteiger partial charge < -0.3 is 5.11 Å². The number of phenolic OH excluding ortho intramolecular Hbond substituents is 1. The number of rotatable bonds is 4. The molecule has 0 amide bonds. The van der Waals surface area contributed by atoms with Crippen LogP contribution in [-0.2, 0) is 0 Å². The summed E-state index contributed by atoms with van der Waals surface area (Å²) >= 11 is 1.59. The van der Waals surface area contributed by atoms with E-state index < -0.39 is 0 Å². The number of aromatic hydroxyl groups is 1. The molecule has 2 aromatic heterocycles. The first-order chi connectivity index (χ1) is 14.3. The molecular formula is C23H16N4OS. The van der Waals surface area contributed by atoms with Crippen molar-refractivity contribution in [2.24, 2.45) is 10.2 Å². The van der Waals surface area contributed by atoms with Gasteiger partial charge in [0.1, 0.15) is 12.1 Å². The molecule has 3 aromatic carbocycles. The van der Waals surface area contributed by atoms with E-state index in [0.717, 1.165) is 27.2 Å². The van der Waals surface area contributed by atoms with Crippen LogP contribution in [0.1, 0.15) is 0 Å². The Morgan fingerprint density at radius 3 is 2.52 bits per heavy atom. The number of aromatic nitrogens is 2. The fraction of sp³-hybridized carbons (Fsp3) is 0. The molecule has 140 valence electrons. The lowest BCUT2D eigenvalue weighted by molar-refractivity contribution is 0.473. The Morgan fingerprint density at radius 2 is 1.69 bits per heavy atom. The van der Waals surface area contributed by atoms with Crippen LogP contribution in [0.5, 0.6) is 5.75 Å². The normalized spacial score (nSPS) is 11.4. The molecule has 5 rings (SSSR count). The zero-order valence-corrected chi connectivity index (χ0v) is 16.1. The maximum absolute atomic E-state index is 10.8. The van der Waals surface area contributed by atoms with Crippen LogP contribution in [0, 0.1) is 0 Å². The molecule has 2 heterocycles. The highest BCUT2D eigenvalue weighted by atomic mass is 32.1. The smallest absolute Gasteiger partial charge is 0.140 e. The maximum atomic E-state index is 10.8. The minimum Gasteiger partial charge on any atom is -0.506 e. The number of imidazole rings is 1. The maximum Gasteiger partial charge on any atom is 0.140 e. The predicted octanol–water partition coefficient (Wildman–Crippen LogP) is 6.88. The summed E-state index contributed by atoms with van der Waals surface area (Å²) in [6.45, 7) is 0. The molecule has 0 aliphatic carbocycles. The van der Waals surface area contributed by atoms with Gasteiger partial charge >= 0.3 is 0 Å². The molecule has 6 heteroatoms. The van der Waals surface area contributed by atoms with Gasteiger partial charge in [0, 0.05) is 10.4 Å². The number of hydrogen-bond acceptors (Lipinski definition) is 5. The summed E-state index contributed by atoms with van der Waals surface area (Å²) in [5.74, 6) is 0.162. The van der Waals surface area contributed by atoms with Crippen LogP contribution in [0.25, 0.3) is 27.2 Å². The van der Waals surface area contributed by atoms with Crippen molar-refractivity contribution >= 4 is 33.7 Å². The molecule has 0 saturated heterocycles. The standard InChI is InChI=1S/C23H16N4OS/c28-22-13-17(23-11-6-12-29-23)19(26-25-16-7-2-1-3-8-16)14-21(22)27-15-24-18-9-4-5-10-20(18)27/h1-15,28H. The van der Waals surface area contributed by atoms with E-state index in [0.29, 0.717) is 11.4 Å². The van der Waals surface area contributed by atoms with Crippen LogP contribution in [0.4, 0.5) is 11.4 Å². The van der Waals surface area contributed by atoms with E-state index in [1.54, 1.807) is 23.7 Å². The molecule has 0 atom stereocenters. The van der Waals surface area contributed by atoms with Gasteiger partial charge in [-0.05, 0) is 47.8 Å². The van der Waals surface area contributed by atoms with Crippen LogP contribution in [0.15, 0.2) is 101 Å². The van der Waals surface area contributed by atoms with E-state index in [1.165, 1.54) is 0 Å². The second kappa shape index (κ2) is 7.33. The molecular weight excluding hydrogens is 380 g/mol. The number of nitrogens with zero attached hydrogens (tertiary/aromatic N) is 4. The van der Waals surface area contributed by atoms with Gasteiger partial charge in [-0.25, -0.2) is 4.98 Å². The van der Waals surface area contributed by atoms with Gasteiger partial charge in [-0.2, -0.15) is 5.11 Å². The lowest BCUT2D eigenvalue weighted by Crippen LogP contribution is -1.93. The molecule has 1 N–H and O–H groups in total. The largest absolute Gasteiger partial charge is 0.506 e. The summed E-state index contributed by atoms with van der Waals surface area (Å²) < 4.78 is 1.87. The van der Waals surface area contributed by atoms with Gasteiger partial charge in [-0.15, -0.1) is 16.5 Å². The first kappa shape index (κ1) is 17.3. The van der Waals surface area contributed by atoms with Crippen molar-refractivity contribution in [3.63, 3.8) is 0 Å². The zero-order valence-electron chi connectivity index (χ0n) is 15.3. The second-order valence-electron chi connectivity index (χ2n) is 6.47. The summed E-state index contributed by atoms with van der Waals surface area (Å²) in [7, 11) is 0. The predicted molar refractivity (Wildman–Crippen MR) is 117 cm³/mol. The highest BCUT2D eigenvalue weighted by Crippen LogP contribution is 2.40. The Balaban J connectivity index is 1.68. The highest BCUT2D eigenvalue weighted by Gasteiger charge is 2.15. The van der Waals surface area contributed by atoms with Crippen molar-refractivity contribution in [1.82, 2.24) is 9.55 Å². The summed E-state index contributed by atoms with van der Waals surface area (Å²) in [4.78, 5) is 5.45.